The van der Waals surface area contributed by atoms with Crippen LogP contribution in [-0.2, 0) is 29.1 Å². The molecule has 3 fully saturated rings. The molecule has 4 aromatic rings. The summed E-state index contributed by atoms with van der Waals surface area (Å²) in [5.74, 6) is -2.90. The lowest BCUT2D eigenvalue weighted by atomic mass is 9.85. The summed E-state index contributed by atoms with van der Waals surface area (Å²) in [4.78, 5) is 71.9. The lowest BCUT2D eigenvalue weighted by Crippen LogP contribution is -2.60. The summed E-state index contributed by atoms with van der Waals surface area (Å²) in [6, 6.07) is 6.51. The van der Waals surface area contributed by atoms with Crippen LogP contribution in [0.1, 0.15) is 64.5 Å². The Morgan fingerprint density at radius 2 is 1.71 bits per heavy atom. The molecule has 1 saturated heterocycles. The number of sulfonamides is 1. The summed E-state index contributed by atoms with van der Waals surface area (Å²) in [7, 11) is -4.31. The molecule has 0 bridgehead atoms. The number of thiophene rings is 2. The number of benzene rings is 1. The average molecular weight is 847 g/mol. The number of carbonyl (C=O) groups excluding carboxylic acids is 4. The molecule has 3 aliphatic rings. The third-order valence-electron chi connectivity index (χ3n) is 11.2. The maximum absolute atomic E-state index is 14.7. The fourth-order valence-electron chi connectivity index (χ4n) is 7.47. The van der Waals surface area contributed by atoms with Crippen LogP contribution in [0.4, 0.5) is 4.79 Å². The van der Waals surface area contributed by atoms with E-state index in [0.717, 1.165) is 30.4 Å². The summed E-state index contributed by atoms with van der Waals surface area (Å²) in [5.41, 5.74) is 0.467. The molecular formula is C41H46N6O8S3. The molecule has 3 aromatic heterocycles. The van der Waals surface area contributed by atoms with E-state index in [1.165, 1.54) is 50.5 Å². The van der Waals surface area contributed by atoms with Crippen LogP contribution in [0.5, 0.6) is 0 Å². The second-order valence-electron chi connectivity index (χ2n) is 16.3. The Labute approximate surface area is 344 Å². The van der Waals surface area contributed by atoms with Crippen molar-refractivity contribution in [3.05, 3.63) is 92.7 Å². The van der Waals surface area contributed by atoms with Crippen LogP contribution in [0.15, 0.2) is 86.5 Å². The van der Waals surface area contributed by atoms with Crippen LogP contribution >= 0.6 is 22.7 Å². The van der Waals surface area contributed by atoms with Crippen molar-refractivity contribution in [3.63, 3.8) is 0 Å². The number of rotatable bonds is 12. The van der Waals surface area contributed by atoms with Crippen LogP contribution in [-0.4, -0.2) is 77.2 Å². The van der Waals surface area contributed by atoms with Crippen LogP contribution in [0.2, 0.25) is 0 Å². The van der Waals surface area contributed by atoms with E-state index < -0.39 is 74.4 Å². The van der Waals surface area contributed by atoms with Gasteiger partial charge in [0.1, 0.15) is 23.7 Å². The summed E-state index contributed by atoms with van der Waals surface area (Å²) in [6.45, 7) is 10.8. The van der Waals surface area contributed by atoms with Gasteiger partial charge in [-0.1, -0.05) is 44.5 Å². The summed E-state index contributed by atoms with van der Waals surface area (Å²) in [5, 5.41) is 17.7. The standard InChI is InChI=1S/C41H46N6O8S3/c1-6-27-19-41(27,38(51)45-58(53,54)30-12-10-24(2)11-13-30)44-35(48)32-18-28(21-46(32)37(50)34(40(3,4)5)43-39(52)55-29-8-7-9-29)47-36(49)33(26-15-17-57-23-26)31(20-42-47)25-14-16-56-22-25/h6,10-17,20,22-23,27-29,32,34H,1,7-9,18-19,21H2,2-5H3,(H,43,52)(H,44,48)(H,45,51)/t27-,28-,32+,34-,41-/m1/s1. The fraction of sp³-hybridized carbons (Fsp3) is 0.415. The Hall–Kier alpha value is -5.13. The molecule has 4 heterocycles. The van der Waals surface area contributed by atoms with E-state index in [1.54, 1.807) is 46.0 Å². The van der Waals surface area contributed by atoms with Gasteiger partial charge in [0.25, 0.3) is 21.5 Å². The molecule has 17 heteroatoms. The quantitative estimate of drug-likeness (QED) is 0.157. The van der Waals surface area contributed by atoms with Crippen molar-refractivity contribution in [2.45, 2.75) is 94.5 Å². The molecule has 3 N–H and O–H groups in total. The lowest BCUT2D eigenvalue weighted by Gasteiger charge is -2.36. The number of amides is 4. The van der Waals surface area contributed by atoms with E-state index in [4.69, 9.17) is 4.74 Å². The fourth-order valence-corrected chi connectivity index (χ4v) is 9.81. The molecule has 0 radical (unpaired) electrons. The summed E-state index contributed by atoms with van der Waals surface area (Å²) in [6.07, 6.45) is 4.46. The second kappa shape index (κ2) is 15.9. The van der Waals surface area contributed by atoms with Crippen LogP contribution in [0, 0.1) is 18.3 Å². The molecular weight excluding hydrogens is 801 g/mol. The number of alkyl carbamates (subject to hydrolysis) is 1. The predicted molar refractivity (Wildman–Crippen MR) is 220 cm³/mol. The van der Waals surface area contributed by atoms with Gasteiger partial charge in [0.15, 0.2) is 0 Å². The number of nitrogens with one attached hydrogen (secondary N) is 3. The Morgan fingerprint density at radius 1 is 1.03 bits per heavy atom. The molecule has 7 rings (SSSR count). The molecule has 5 atom stereocenters. The van der Waals surface area contributed by atoms with Gasteiger partial charge in [-0.15, -0.1) is 6.58 Å². The van der Waals surface area contributed by atoms with E-state index in [2.05, 4.69) is 27.0 Å². The largest absolute Gasteiger partial charge is 0.446 e. The minimum Gasteiger partial charge on any atom is -0.446 e. The molecule has 306 valence electrons. The van der Waals surface area contributed by atoms with Crippen LogP contribution in [0.3, 0.4) is 0 Å². The molecule has 0 spiro atoms. The number of nitrogens with zero attached hydrogens (tertiary/aromatic N) is 3. The smallest absolute Gasteiger partial charge is 0.408 e. The monoisotopic (exact) mass is 846 g/mol. The Bertz CT molecular complexity index is 2390. The van der Waals surface area contributed by atoms with Crippen LogP contribution < -0.4 is 20.9 Å². The first-order valence-electron chi connectivity index (χ1n) is 19.1. The lowest BCUT2D eigenvalue weighted by molar-refractivity contribution is -0.142. The highest BCUT2D eigenvalue weighted by Crippen LogP contribution is 2.45. The molecule has 14 nitrogen and oxygen atoms in total. The number of aromatic nitrogens is 2. The van der Waals surface area contributed by atoms with Gasteiger partial charge in [-0.2, -0.15) is 27.8 Å². The van der Waals surface area contributed by atoms with Crippen molar-refractivity contribution >= 4 is 56.5 Å². The van der Waals surface area contributed by atoms with Crippen LogP contribution in [0.25, 0.3) is 22.3 Å². The zero-order valence-corrected chi connectivity index (χ0v) is 35.0. The van der Waals surface area contributed by atoms with Crippen molar-refractivity contribution in [1.82, 2.24) is 30.0 Å². The highest BCUT2D eigenvalue weighted by Gasteiger charge is 2.61. The van der Waals surface area contributed by atoms with Gasteiger partial charge in [0, 0.05) is 24.4 Å². The maximum atomic E-state index is 14.7. The van der Waals surface area contributed by atoms with Crippen molar-refractivity contribution in [3.8, 4) is 22.3 Å². The second-order valence-corrected chi connectivity index (χ2v) is 19.5. The average Bonchev–Trinajstić information content (AvgIpc) is 3.67. The van der Waals surface area contributed by atoms with Gasteiger partial charge >= 0.3 is 6.09 Å². The Morgan fingerprint density at radius 3 is 2.28 bits per heavy atom. The predicted octanol–water partition coefficient (Wildman–Crippen LogP) is 5.41. The van der Waals surface area contributed by atoms with Gasteiger partial charge in [0.2, 0.25) is 11.8 Å². The van der Waals surface area contributed by atoms with Gasteiger partial charge < -0.3 is 20.3 Å². The number of carbonyl (C=O) groups is 4. The topological polar surface area (TPSA) is 186 Å². The number of hydrogen-bond acceptors (Lipinski definition) is 11. The van der Waals surface area contributed by atoms with E-state index in [-0.39, 0.29) is 30.4 Å². The van der Waals surface area contributed by atoms with Crippen molar-refractivity contribution in [1.29, 1.82) is 0 Å². The van der Waals surface area contributed by atoms with Gasteiger partial charge in [-0.05, 0) is 94.9 Å². The van der Waals surface area contributed by atoms with Crippen molar-refractivity contribution < 1.29 is 32.3 Å². The highest BCUT2D eigenvalue weighted by molar-refractivity contribution is 7.90. The Balaban J connectivity index is 1.23. The van der Waals surface area contributed by atoms with E-state index in [0.29, 0.717) is 16.7 Å². The third kappa shape index (κ3) is 8.11. The van der Waals surface area contributed by atoms with Crippen molar-refractivity contribution in [2.24, 2.45) is 11.3 Å². The molecule has 4 amide bonds. The van der Waals surface area contributed by atoms with E-state index >= 15 is 0 Å². The van der Waals surface area contributed by atoms with Gasteiger partial charge in [-0.25, -0.2) is 22.6 Å². The minimum absolute atomic E-state index is 0.0653. The summed E-state index contributed by atoms with van der Waals surface area (Å²) < 4.78 is 35.5. The first-order chi connectivity index (χ1) is 27.5. The normalized spacial score (nSPS) is 22.3. The number of likely N-dealkylation sites (tertiary alicyclic amines) is 1. The molecule has 1 aliphatic heterocycles. The molecule has 0 unspecified atom stereocenters. The minimum atomic E-state index is -4.31. The number of hydrogen-bond donors (Lipinski definition) is 3. The zero-order chi connectivity index (χ0) is 41.6. The van der Waals surface area contributed by atoms with Crippen molar-refractivity contribution in [2.75, 3.05) is 6.54 Å². The number of ether oxygens (including phenoxy) is 1. The van der Waals surface area contributed by atoms with Gasteiger partial charge in [-0.3, -0.25) is 19.2 Å². The molecule has 2 saturated carbocycles. The number of aryl methyl sites for hydroxylation is 1. The maximum Gasteiger partial charge on any atom is 0.408 e. The molecule has 1 aromatic carbocycles. The SMILES string of the molecule is C=C[C@@H]1C[C@]1(NC(=O)[C@@H]1C[C@@H](n2ncc(-c3ccsc3)c(-c3ccsc3)c2=O)CN1C(=O)[C@@H](NC(=O)OC1CCC1)C(C)(C)C)C(=O)NS(=O)(=O)c1ccc(C)cc1. The Kier molecular flexibility index (Phi) is 11.3. The first-order valence-corrected chi connectivity index (χ1v) is 22.4. The van der Waals surface area contributed by atoms with E-state index in [1.807, 2.05) is 33.7 Å². The summed E-state index contributed by atoms with van der Waals surface area (Å²) >= 11 is 2.92. The van der Waals surface area contributed by atoms with Gasteiger partial charge in [0.05, 0.1) is 22.7 Å². The molecule has 2 aliphatic carbocycles. The first kappa shape index (κ1) is 41.0. The third-order valence-corrected chi connectivity index (χ3v) is 13.9. The highest BCUT2D eigenvalue weighted by atomic mass is 32.2. The van der Waals surface area contributed by atoms with E-state index in [9.17, 15) is 32.4 Å². The molecule has 58 heavy (non-hydrogen) atoms. The zero-order valence-electron chi connectivity index (χ0n) is 32.6.